The molecule has 0 aliphatic rings. The van der Waals surface area contributed by atoms with E-state index < -0.39 is 21.9 Å². The second-order valence-corrected chi connectivity index (χ2v) is 5.75. The van der Waals surface area contributed by atoms with Gasteiger partial charge in [-0.3, -0.25) is 0 Å². The third-order valence-corrected chi connectivity index (χ3v) is 3.87. The van der Waals surface area contributed by atoms with Crippen LogP contribution in [0.1, 0.15) is 6.42 Å². The minimum Gasteiger partial charge on any atom is -0.396 e. The van der Waals surface area contributed by atoms with Crippen LogP contribution >= 0.6 is 0 Å². The molecule has 0 aliphatic carbocycles. The number of anilines is 1. The Labute approximate surface area is 111 Å². The lowest BCUT2D eigenvalue weighted by molar-refractivity contribution is 0.0603. The molecule has 0 saturated carbocycles. The van der Waals surface area contributed by atoms with E-state index in [9.17, 15) is 17.9 Å². The highest BCUT2D eigenvalue weighted by atomic mass is 32.2. The van der Waals surface area contributed by atoms with Gasteiger partial charge in [0.1, 0.15) is 5.82 Å². The van der Waals surface area contributed by atoms with Gasteiger partial charge in [-0.25, -0.2) is 17.5 Å². The SMILES string of the molecule is COCC(O)CCNS(=O)(=O)c1ccc(F)c(N)c1. The van der Waals surface area contributed by atoms with Crippen molar-refractivity contribution in [1.82, 2.24) is 4.72 Å². The van der Waals surface area contributed by atoms with E-state index in [0.717, 1.165) is 18.2 Å². The summed E-state index contributed by atoms with van der Waals surface area (Å²) in [6.07, 6.45) is -0.532. The van der Waals surface area contributed by atoms with Gasteiger partial charge in [-0.05, 0) is 24.6 Å². The lowest BCUT2D eigenvalue weighted by Crippen LogP contribution is -2.28. The lowest BCUT2D eigenvalue weighted by Gasteiger charge is -2.11. The molecule has 0 amide bonds. The van der Waals surface area contributed by atoms with Crippen LogP contribution in [0.25, 0.3) is 0 Å². The van der Waals surface area contributed by atoms with Crippen molar-refractivity contribution in [3.63, 3.8) is 0 Å². The maximum absolute atomic E-state index is 12.9. The molecule has 0 fully saturated rings. The van der Waals surface area contributed by atoms with Crippen molar-refractivity contribution in [1.29, 1.82) is 0 Å². The van der Waals surface area contributed by atoms with Crippen molar-refractivity contribution in [2.24, 2.45) is 0 Å². The van der Waals surface area contributed by atoms with Gasteiger partial charge >= 0.3 is 0 Å². The molecule has 1 unspecified atom stereocenters. The van der Waals surface area contributed by atoms with Gasteiger partial charge in [0.15, 0.2) is 0 Å². The van der Waals surface area contributed by atoms with Crippen molar-refractivity contribution in [2.45, 2.75) is 17.4 Å². The molecule has 0 heterocycles. The molecule has 0 radical (unpaired) electrons. The van der Waals surface area contributed by atoms with E-state index in [1.54, 1.807) is 0 Å². The second kappa shape index (κ2) is 6.80. The highest BCUT2D eigenvalue weighted by Gasteiger charge is 2.15. The molecule has 0 saturated heterocycles. The number of aliphatic hydroxyl groups is 1. The second-order valence-electron chi connectivity index (χ2n) is 3.98. The average molecular weight is 292 g/mol. The van der Waals surface area contributed by atoms with Gasteiger partial charge in [-0.1, -0.05) is 0 Å². The summed E-state index contributed by atoms with van der Waals surface area (Å²) < 4.78 is 43.6. The number of sulfonamides is 1. The van der Waals surface area contributed by atoms with E-state index in [2.05, 4.69) is 4.72 Å². The van der Waals surface area contributed by atoms with E-state index in [1.807, 2.05) is 0 Å². The fourth-order valence-corrected chi connectivity index (χ4v) is 2.49. The number of halogens is 1. The summed E-state index contributed by atoms with van der Waals surface area (Å²) in [6, 6.07) is 3.16. The van der Waals surface area contributed by atoms with Gasteiger partial charge in [0.05, 0.1) is 23.3 Å². The van der Waals surface area contributed by atoms with Crippen LogP contribution in [0, 0.1) is 5.82 Å². The molecule has 108 valence electrons. The van der Waals surface area contributed by atoms with Crippen molar-refractivity contribution < 1.29 is 22.7 Å². The summed E-state index contributed by atoms with van der Waals surface area (Å²) in [5, 5.41) is 9.37. The lowest BCUT2D eigenvalue weighted by atomic mass is 10.3. The molecule has 1 rings (SSSR count). The predicted octanol–water partition coefficient (Wildman–Crippen LogP) is 0.0836. The first-order valence-corrected chi connectivity index (χ1v) is 7.07. The van der Waals surface area contributed by atoms with E-state index in [4.69, 9.17) is 10.5 Å². The number of benzene rings is 1. The first-order valence-electron chi connectivity index (χ1n) is 5.58. The Balaban J connectivity index is 2.63. The Bertz CT molecular complexity index is 521. The number of nitrogen functional groups attached to an aromatic ring is 1. The maximum Gasteiger partial charge on any atom is 0.240 e. The Morgan fingerprint density at radius 2 is 2.21 bits per heavy atom. The standard InChI is InChI=1S/C11H17FN2O4S/c1-18-7-8(15)4-5-14-19(16,17)9-2-3-10(12)11(13)6-9/h2-3,6,8,14-15H,4-5,7,13H2,1H3. The molecular formula is C11H17FN2O4S. The molecule has 0 aliphatic heterocycles. The van der Waals surface area contributed by atoms with Crippen molar-refractivity contribution in [3.8, 4) is 0 Å². The summed E-state index contributed by atoms with van der Waals surface area (Å²) in [4.78, 5) is -0.118. The molecule has 0 aromatic heterocycles. The molecule has 1 aromatic carbocycles. The Kier molecular flexibility index (Phi) is 5.67. The summed E-state index contributed by atoms with van der Waals surface area (Å²) in [6.45, 7) is 0.176. The van der Waals surface area contributed by atoms with Crippen LogP contribution < -0.4 is 10.5 Å². The average Bonchev–Trinajstić information content (AvgIpc) is 2.32. The monoisotopic (exact) mass is 292 g/mol. The third kappa shape index (κ3) is 4.75. The molecule has 1 aromatic rings. The van der Waals surface area contributed by atoms with Crippen LogP contribution in [0.15, 0.2) is 23.1 Å². The van der Waals surface area contributed by atoms with Gasteiger partial charge in [0, 0.05) is 13.7 Å². The number of nitrogens with two attached hydrogens (primary N) is 1. The molecule has 6 nitrogen and oxygen atoms in total. The zero-order valence-corrected chi connectivity index (χ0v) is 11.3. The maximum atomic E-state index is 12.9. The van der Waals surface area contributed by atoms with Crippen LogP contribution in [-0.4, -0.2) is 39.9 Å². The van der Waals surface area contributed by atoms with Crippen molar-refractivity contribution >= 4 is 15.7 Å². The van der Waals surface area contributed by atoms with Gasteiger partial charge in [-0.2, -0.15) is 0 Å². The first-order chi connectivity index (χ1) is 8.86. The van der Waals surface area contributed by atoms with Gasteiger partial charge in [0.25, 0.3) is 0 Å². The van der Waals surface area contributed by atoms with Crippen molar-refractivity contribution in [3.05, 3.63) is 24.0 Å². The number of hydrogen-bond acceptors (Lipinski definition) is 5. The third-order valence-electron chi connectivity index (χ3n) is 2.41. The van der Waals surface area contributed by atoms with Gasteiger partial charge < -0.3 is 15.6 Å². The quantitative estimate of drug-likeness (QED) is 0.618. The zero-order valence-electron chi connectivity index (χ0n) is 10.5. The normalized spacial score (nSPS) is 13.4. The molecule has 8 heteroatoms. The molecule has 0 spiro atoms. The summed E-state index contributed by atoms with van der Waals surface area (Å²) >= 11 is 0. The number of rotatable bonds is 7. The largest absolute Gasteiger partial charge is 0.396 e. The number of aliphatic hydroxyl groups excluding tert-OH is 1. The Morgan fingerprint density at radius 1 is 1.53 bits per heavy atom. The molecule has 0 bridgehead atoms. The van der Waals surface area contributed by atoms with Crippen molar-refractivity contribution in [2.75, 3.05) is 26.0 Å². The zero-order chi connectivity index (χ0) is 14.5. The fourth-order valence-electron chi connectivity index (χ4n) is 1.41. The fraction of sp³-hybridized carbons (Fsp3) is 0.455. The van der Waals surface area contributed by atoms with Crippen LogP contribution in [-0.2, 0) is 14.8 Å². The number of nitrogens with one attached hydrogen (secondary N) is 1. The van der Waals surface area contributed by atoms with Crippen LogP contribution in [0.4, 0.5) is 10.1 Å². The molecule has 19 heavy (non-hydrogen) atoms. The van der Waals surface area contributed by atoms with Gasteiger partial charge in [-0.15, -0.1) is 0 Å². The van der Waals surface area contributed by atoms with Crippen LogP contribution in [0.3, 0.4) is 0 Å². The molecule has 4 N–H and O–H groups in total. The van der Waals surface area contributed by atoms with E-state index in [-0.39, 0.29) is 30.2 Å². The Hall–Kier alpha value is -1.22. The first kappa shape index (κ1) is 15.8. The van der Waals surface area contributed by atoms with E-state index >= 15 is 0 Å². The van der Waals surface area contributed by atoms with E-state index in [1.165, 1.54) is 7.11 Å². The number of ether oxygens (including phenoxy) is 1. The van der Waals surface area contributed by atoms with Crippen LogP contribution in [0.2, 0.25) is 0 Å². The highest BCUT2D eigenvalue weighted by molar-refractivity contribution is 7.89. The molecular weight excluding hydrogens is 275 g/mol. The Morgan fingerprint density at radius 3 is 2.79 bits per heavy atom. The number of methoxy groups -OCH3 is 1. The minimum absolute atomic E-state index is 0.0458. The summed E-state index contributed by atoms with van der Waals surface area (Å²) in [5.74, 6) is -0.672. The highest BCUT2D eigenvalue weighted by Crippen LogP contribution is 2.16. The smallest absolute Gasteiger partial charge is 0.240 e. The summed E-state index contributed by atoms with van der Waals surface area (Å²) in [7, 11) is -2.32. The minimum atomic E-state index is -3.76. The van der Waals surface area contributed by atoms with Crippen LogP contribution in [0.5, 0.6) is 0 Å². The summed E-state index contributed by atoms with van der Waals surface area (Å²) in [5.41, 5.74) is 5.08. The van der Waals surface area contributed by atoms with E-state index in [0.29, 0.717) is 0 Å². The molecule has 1 atom stereocenters. The number of hydrogen-bond donors (Lipinski definition) is 3. The topological polar surface area (TPSA) is 102 Å². The predicted molar refractivity (Wildman–Crippen MR) is 68.5 cm³/mol. The van der Waals surface area contributed by atoms with Gasteiger partial charge in [0.2, 0.25) is 10.0 Å².